The summed E-state index contributed by atoms with van der Waals surface area (Å²) in [4.78, 5) is 14.4. The van der Waals surface area contributed by atoms with Crippen molar-refractivity contribution >= 4 is 28.2 Å². The maximum atomic E-state index is 5.92. The van der Waals surface area contributed by atoms with E-state index in [2.05, 4.69) is 15.0 Å². The van der Waals surface area contributed by atoms with Crippen molar-refractivity contribution in [2.75, 3.05) is 25.2 Å². The van der Waals surface area contributed by atoms with Crippen molar-refractivity contribution in [2.45, 2.75) is 23.9 Å². The number of aromatic nitrogens is 3. The first-order valence-electron chi connectivity index (χ1n) is 6.49. The number of nitrogens with zero attached hydrogens (tertiary/aromatic N) is 3. The number of thiazole rings is 1. The molecule has 1 aliphatic rings. The van der Waals surface area contributed by atoms with E-state index in [1.54, 1.807) is 6.20 Å². The average Bonchev–Trinajstić information content (AvgIpc) is 2.90. The van der Waals surface area contributed by atoms with E-state index in [1.807, 2.05) is 12.3 Å². The molecule has 20 heavy (non-hydrogen) atoms. The van der Waals surface area contributed by atoms with Crippen LogP contribution >= 0.6 is 23.1 Å². The van der Waals surface area contributed by atoms with E-state index in [9.17, 15) is 0 Å². The molecule has 2 N–H and O–H groups in total. The number of nitrogens with two attached hydrogens (primary N) is 1. The quantitative estimate of drug-likeness (QED) is 0.694. The summed E-state index contributed by atoms with van der Waals surface area (Å²) in [7, 11) is 0. The average molecular weight is 308 g/mol. The normalized spacial score (nSPS) is 16.4. The molecule has 0 bridgehead atoms. The van der Waals surface area contributed by atoms with Crippen LogP contribution < -0.4 is 5.73 Å². The van der Waals surface area contributed by atoms with Crippen molar-refractivity contribution in [1.82, 2.24) is 15.0 Å². The summed E-state index contributed by atoms with van der Waals surface area (Å²) in [5, 5.41) is 1.37. The Balaban J connectivity index is 1.99. The van der Waals surface area contributed by atoms with Crippen LogP contribution in [0.3, 0.4) is 0 Å². The molecule has 2 aromatic rings. The molecule has 5 nitrogen and oxygen atoms in total. The lowest BCUT2D eigenvalue weighted by atomic mass is 9.95. The standard InChI is InChI=1S/C13H16N4OS2/c1-19-13-15-5-2-9(16-13)11-10(17-12(14)20-11)8-3-6-18-7-4-8/h2,5,8H,3-4,6-7H2,1H3,(H2,14,17). The molecule has 0 aromatic carbocycles. The van der Waals surface area contributed by atoms with Gasteiger partial charge in [0.25, 0.3) is 0 Å². The van der Waals surface area contributed by atoms with Gasteiger partial charge in [-0.1, -0.05) is 23.1 Å². The Bertz CT molecular complexity index is 596. The minimum Gasteiger partial charge on any atom is -0.381 e. The van der Waals surface area contributed by atoms with Gasteiger partial charge in [-0.15, -0.1) is 0 Å². The number of rotatable bonds is 3. The van der Waals surface area contributed by atoms with Gasteiger partial charge in [-0.2, -0.15) is 0 Å². The second-order valence-corrected chi connectivity index (χ2v) is 6.39. The minimum absolute atomic E-state index is 0.417. The largest absolute Gasteiger partial charge is 0.381 e. The molecule has 1 saturated heterocycles. The van der Waals surface area contributed by atoms with Gasteiger partial charge in [0, 0.05) is 25.3 Å². The Morgan fingerprint density at radius 1 is 1.35 bits per heavy atom. The Morgan fingerprint density at radius 3 is 2.90 bits per heavy atom. The number of nitrogen functional groups attached to an aromatic ring is 1. The van der Waals surface area contributed by atoms with Gasteiger partial charge in [0.15, 0.2) is 10.3 Å². The highest BCUT2D eigenvalue weighted by molar-refractivity contribution is 7.98. The van der Waals surface area contributed by atoms with E-state index in [-0.39, 0.29) is 0 Å². The zero-order chi connectivity index (χ0) is 13.9. The number of hydrogen-bond donors (Lipinski definition) is 1. The van der Waals surface area contributed by atoms with Crippen molar-refractivity contribution in [3.8, 4) is 10.6 Å². The minimum atomic E-state index is 0.417. The van der Waals surface area contributed by atoms with Crippen LogP contribution in [-0.2, 0) is 4.74 Å². The van der Waals surface area contributed by atoms with Crippen LogP contribution in [0.4, 0.5) is 5.13 Å². The Kier molecular flexibility index (Phi) is 4.18. The van der Waals surface area contributed by atoms with E-state index in [1.165, 1.54) is 23.1 Å². The summed E-state index contributed by atoms with van der Waals surface area (Å²) in [5.74, 6) is 0.417. The molecule has 0 spiro atoms. The summed E-state index contributed by atoms with van der Waals surface area (Å²) in [6.07, 6.45) is 5.75. The van der Waals surface area contributed by atoms with Gasteiger partial charge in [0.05, 0.1) is 16.3 Å². The fourth-order valence-electron chi connectivity index (χ4n) is 2.35. The highest BCUT2D eigenvalue weighted by Gasteiger charge is 2.24. The van der Waals surface area contributed by atoms with E-state index in [0.29, 0.717) is 11.0 Å². The zero-order valence-electron chi connectivity index (χ0n) is 11.2. The molecule has 0 amide bonds. The molecular formula is C13H16N4OS2. The Labute approximate surface area is 126 Å². The lowest BCUT2D eigenvalue weighted by molar-refractivity contribution is 0.0847. The molecule has 7 heteroatoms. The first-order valence-corrected chi connectivity index (χ1v) is 8.53. The van der Waals surface area contributed by atoms with Gasteiger partial charge in [-0.25, -0.2) is 15.0 Å². The lowest BCUT2D eigenvalue weighted by Gasteiger charge is -2.21. The molecule has 106 valence electrons. The first kappa shape index (κ1) is 13.8. The smallest absolute Gasteiger partial charge is 0.187 e. The topological polar surface area (TPSA) is 73.9 Å². The molecule has 0 aliphatic carbocycles. The molecule has 3 heterocycles. The van der Waals surface area contributed by atoms with Crippen molar-refractivity contribution in [3.63, 3.8) is 0 Å². The molecule has 1 aliphatic heterocycles. The maximum absolute atomic E-state index is 5.92. The van der Waals surface area contributed by atoms with Crippen molar-refractivity contribution < 1.29 is 4.74 Å². The van der Waals surface area contributed by atoms with Crippen molar-refractivity contribution in [2.24, 2.45) is 0 Å². The van der Waals surface area contributed by atoms with Crippen LogP contribution in [0.5, 0.6) is 0 Å². The monoisotopic (exact) mass is 308 g/mol. The molecule has 1 fully saturated rings. The second kappa shape index (κ2) is 6.07. The molecular weight excluding hydrogens is 292 g/mol. The Hall–Kier alpha value is -1.18. The second-order valence-electron chi connectivity index (χ2n) is 4.58. The molecule has 0 saturated carbocycles. The van der Waals surface area contributed by atoms with Gasteiger partial charge in [0.2, 0.25) is 0 Å². The van der Waals surface area contributed by atoms with Crippen LogP contribution in [0.1, 0.15) is 24.5 Å². The third-order valence-corrected chi connectivity index (χ3v) is 4.81. The number of anilines is 1. The molecule has 0 atom stereocenters. The summed E-state index contributed by atoms with van der Waals surface area (Å²) in [6, 6.07) is 1.93. The van der Waals surface area contributed by atoms with E-state index in [0.717, 1.165) is 47.5 Å². The van der Waals surface area contributed by atoms with Crippen LogP contribution in [0.15, 0.2) is 17.4 Å². The maximum Gasteiger partial charge on any atom is 0.187 e. The number of hydrogen-bond acceptors (Lipinski definition) is 7. The molecule has 2 aromatic heterocycles. The Morgan fingerprint density at radius 2 is 2.15 bits per heavy atom. The first-order chi connectivity index (χ1) is 9.78. The van der Waals surface area contributed by atoms with Gasteiger partial charge >= 0.3 is 0 Å². The predicted octanol–water partition coefficient (Wildman–Crippen LogP) is 2.80. The molecule has 3 rings (SSSR count). The summed E-state index contributed by atoms with van der Waals surface area (Å²) >= 11 is 3.04. The lowest BCUT2D eigenvalue weighted by Crippen LogP contribution is -2.15. The van der Waals surface area contributed by atoms with E-state index in [4.69, 9.17) is 10.5 Å². The number of ether oxygens (including phenoxy) is 1. The van der Waals surface area contributed by atoms with Crippen LogP contribution in [0.2, 0.25) is 0 Å². The fraction of sp³-hybridized carbons (Fsp3) is 0.462. The van der Waals surface area contributed by atoms with Crippen LogP contribution in [-0.4, -0.2) is 34.4 Å². The number of thioether (sulfide) groups is 1. The van der Waals surface area contributed by atoms with Crippen molar-refractivity contribution in [3.05, 3.63) is 18.0 Å². The SMILES string of the molecule is CSc1nccc(-c2sc(N)nc2C2CCOCC2)n1. The van der Waals surface area contributed by atoms with Gasteiger partial charge in [-0.05, 0) is 25.2 Å². The van der Waals surface area contributed by atoms with E-state index >= 15 is 0 Å². The summed E-state index contributed by atoms with van der Waals surface area (Å²) in [6.45, 7) is 1.59. The van der Waals surface area contributed by atoms with Gasteiger partial charge < -0.3 is 10.5 Å². The fourth-order valence-corrected chi connectivity index (χ4v) is 3.59. The summed E-state index contributed by atoms with van der Waals surface area (Å²) in [5.41, 5.74) is 7.91. The van der Waals surface area contributed by atoms with Crippen LogP contribution in [0, 0.1) is 0 Å². The van der Waals surface area contributed by atoms with Gasteiger partial charge in [0.1, 0.15) is 0 Å². The molecule has 0 unspecified atom stereocenters. The summed E-state index contributed by atoms with van der Waals surface area (Å²) < 4.78 is 5.43. The molecule has 0 radical (unpaired) electrons. The van der Waals surface area contributed by atoms with Gasteiger partial charge in [-0.3, -0.25) is 0 Å². The predicted molar refractivity (Wildman–Crippen MR) is 82.1 cm³/mol. The van der Waals surface area contributed by atoms with Crippen molar-refractivity contribution in [1.29, 1.82) is 0 Å². The third-order valence-electron chi connectivity index (χ3n) is 3.33. The highest BCUT2D eigenvalue weighted by atomic mass is 32.2. The zero-order valence-corrected chi connectivity index (χ0v) is 12.8. The van der Waals surface area contributed by atoms with E-state index < -0.39 is 0 Å². The third kappa shape index (κ3) is 2.79. The highest BCUT2D eigenvalue weighted by Crippen LogP contribution is 2.38. The van der Waals surface area contributed by atoms with Crippen LogP contribution in [0.25, 0.3) is 10.6 Å².